The maximum atomic E-state index is 15.4. The molecule has 2 fully saturated rings. The van der Waals surface area contributed by atoms with Crippen LogP contribution in [0.3, 0.4) is 0 Å². The average Bonchev–Trinajstić information content (AvgIpc) is 3.09. The van der Waals surface area contributed by atoms with Crippen molar-refractivity contribution in [3.05, 3.63) is 36.0 Å². The predicted octanol–water partition coefficient (Wildman–Crippen LogP) is 3.39. The van der Waals surface area contributed by atoms with Crippen LogP contribution in [0.2, 0.25) is 0 Å². The molecule has 4 rings (SSSR count). The monoisotopic (exact) mass is 387 g/mol. The molecule has 0 N–H and O–H groups in total. The zero-order valence-electron chi connectivity index (χ0n) is 16.9. The zero-order valence-corrected chi connectivity index (χ0v) is 16.9. The second kappa shape index (κ2) is 7.84. The van der Waals surface area contributed by atoms with Gasteiger partial charge in [0.25, 0.3) is 5.91 Å². The highest BCUT2D eigenvalue weighted by Crippen LogP contribution is 2.31. The number of nitrogens with zero attached hydrogens (tertiary/aromatic N) is 3. The van der Waals surface area contributed by atoms with Gasteiger partial charge in [0, 0.05) is 68.7 Å². The van der Waals surface area contributed by atoms with Crippen molar-refractivity contribution in [2.75, 3.05) is 39.4 Å². The third kappa shape index (κ3) is 3.67. The molecule has 0 unspecified atom stereocenters. The van der Waals surface area contributed by atoms with E-state index in [1.165, 1.54) is 16.5 Å². The molecule has 1 aromatic heterocycles. The second-order valence-corrected chi connectivity index (χ2v) is 8.32. The number of benzene rings is 1. The van der Waals surface area contributed by atoms with Crippen molar-refractivity contribution in [2.45, 2.75) is 44.9 Å². The van der Waals surface area contributed by atoms with Gasteiger partial charge in [-0.2, -0.15) is 0 Å². The SMILES string of the molecule is CC(C)n1cc(CN2CCC(F)(C(=O)N3CCOCC3)CC2)c2ccccc21. The van der Waals surface area contributed by atoms with Gasteiger partial charge in [-0.25, -0.2) is 4.39 Å². The summed E-state index contributed by atoms with van der Waals surface area (Å²) in [5, 5.41) is 1.26. The summed E-state index contributed by atoms with van der Waals surface area (Å²) in [6.45, 7) is 8.40. The van der Waals surface area contributed by atoms with Crippen LogP contribution < -0.4 is 0 Å². The average molecular weight is 387 g/mol. The fourth-order valence-corrected chi connectivity index (χ4v) is 4.40. The number of carbonyl (C=O) groups excluding carboxylic acids is 1. The Morgan fingerprint density at radius 2 is 1.82 bits per heavy atom. The van der Waals surface area contributed by atoms with Crippen molar-refractivity contribution in [1.82, 2.24) is 14.4 Å². The number of rotatable bonds is 4. The minimum absolute atomic E-state index is 0.270. The highest BCUT2D eigenvalue weighted by atomic mass is 19.1. The fraction of sp³-hybridized carbons (Fsp3) is 0.591. The number of amides is 1. The number of carbonyl (C=O) groups is 1. The third-order valence-electron chi connectivity index (χ3n) is 6.10. The van der Waals surface area contributed by atoms with Crippen LogP contribution >= 0.6 is 0 Å². The maximum absolute atomic E-state index is 15.4. The van der Waals surface area contributed by atoms with Crippen LogP contribution in [-0.4, -0.2) is 65.3 Å². The van der Waals surface area contributed by atoms with E-state index in [1.54, 1.807) is 4.90 Å². The molecule has 28 heavy (non-hydrogen) atoms. The van der Waals surface area contributed by atoms with Gasteiger partial charge in [0.15, 0.2) is 5.67 Å². The Kier molecular flexibility index (Phi) is 5.43. The molecule has 1 aromatic carbocycles. The minimum atomic E-state index is -1.72. The van der Waals surface area contributed by atoms with Crippen molar-refractivity contribution in [2.24, 2.45) is 0 Å². The molecule has 5 nitrogen and oxygen atoms in total. The summed E-state index contributed by atoms with van der Waals surface area (Å²) >= 11 is 0. The summed E-state index contributed by atoms with van der Waals surface area (Å²) in [6.07, 6.45) is 2.77. The van der Waals surface area contributed by atoms with Crippen LogP contribution in [0.4, 0.5) is 4.39 Å². The Morgan fingerprint density at radius 1 is 1.14 bits per heavy atom. The number of ether oxygens (including phenoxy) is 1. The molecule has 2 aromatic rings. The molecule has 0 bridgehead atoms. The van der Waals surface area contributed by atoms with Gasteiger partial charge >= 0.3 is 0 Å². The van der Waals surface area contributed by atoms with Gasteiger partial charge in [0.05, 0.1) is 13.2 Å². The Hall–Kier alpha value is -1.92. The number of likely N-dealkylation sites (tertiary alicyclic amines) is 1. The van der Waals surface area contributed by atoms with Crippen molar-refractivity contribution in [3.8, 4) is 0 Å². The van der Waals surface area contributed by atoms with E-state index in [-0.39, 0.29) is 18.7 Å². The van der Waals surface area contributed by atoms with Gasteiger partial charge in [0.2, 0.25) is 0 Å². The maximum Gasteiger partial charge on any atom is 0.260 e. The van der Waals surface area contributed by atoms with Crippen molar-refractivity contribution in [1.29, 1.82) is 0 Å². The lowest BCUT2D eigenvalue weighted by Crippen LogP contribution is -2.54. The number of piperidine rings is 1. The molecule has 152 valence electrons. The third-order valence-corrected chi connectivity index (χ3v) is 6.10. The summed E-state index contributed by atoms with van der Waals surface area (Å²) in [5.74, 6) is -0.341. The van der Waals surface area contributed by atoms with E-state index in [4.69, 9.17) is 4.74 Å². The summed E-state index contributed by atoms with van der Waals surface area (Å²) < 4.78 is 22.9. The molecule has 0 radical (unpaired) electrons. The van der Waals surface area contributed by atoms with Crippen molar-refractivity contribution in [3.63, 3.8) is 0 Å². The lowest BCUT2D eigenvalue weighted by atomic mass is 9.91. The smallest absolute Gasteiger partial charge is 0.260 e. The zero-order chi connectivity index (χ0) is 19.7. The molecular weight excluding hydrogens is 357 g/mol. The van der Waals surface area contributed by atoms with E-state index in [2.05, 4.69) is 53.8 Å². The molecule has 6 heteroatoms. The molecule has 0 spiro atoms. The summed E-state index contributed by atoms with van der Waals surface area (Å²) in [4.78, 5) is 16.6. The van der Waals surface area contributed by atoms with E-state index in [1.807, 2.05) is 0 Å². The van der Waals surface area contributed by atoms with E-state index >= 15 is 4.39 Å². The first-order chi connectivity index (χ1) is 13.5. The molecule has 2 aliphatic heterocycles. The normalized spacial score (nSPS) is 20.8. The van der Waals surface area contributed by atoms with E-state index in [0.717, 1.165) is 6.54 Å². The number of alkyl halides is 1. The molecule has 2 saturated heterocycles. The fourth-order valence-electron chi connectivity index (χ4n) is 4.40. The van der Waals surface area contributed by atoms with Gasteiger partial charge in [-0.05, 0) is 25.5 Å². The van der Waals surface area contributed by atoms with Gasteiger partial charge in [-0.1, -0.05) is 18.2 Å². The number of para-hydroxylation sites is 1. The summed E-state index contributed by atoms with van der Waals surface area (Å²) in [7, 11) is 0. The van der Waals surface area contributed by atoms with Crippen LogP contribution in [0.5, 0.6) is 0 Å². The van der Waals surface area contributed by atoms with Gasteiger partial charge in [-0.15, -0.1) is 0 Å². The molecule has 0 saturated carbocycles. The minimum Gasteiger partial charge on any atom is -0.378 e. The van der Waals surface area contributed by atoms with Crippen LogP contribution in [-0.2, 0) is 16.1 Å². The Morgan fingerprint density at radius 3 is 2.50 bits per heavy atom. The highest BCUT2D eigenvalue weighted by Gasteiger charge is 2.44. The molecule has 1 amide bonds. The first-order valence-electron chi connectivity index (χ1n) is 10.3. The number of aromatic nitrogens is 1. The lowest BCUT2D eigenvalue weighted by Gasteiger charge is -2.39. The lowest BCUT2D eigenvalue weighted by molar-refractivity contribution is -0.151. The van der Waals surface area contributed by atoms with Crippen LogP contribution in [0.25, 0.3) is 10.9 Å². The van der Waals surface area contributed by atoms with Gasteiger partial charge in [0.1, 0.15) is 0 Å². The highest BCUT2D eigenvalue weighted by molar-refractivity contribution is 5.85. The number of fused-ring (bicyclic) bond motifs is 1. The topological polar surface area (TPSA) is 37.7 Å². The molecule has 0 aliphatic carbocycles. The van der Waals surface area contributed by atoms with Crippen molar-refractivity contribution < 1.29 is 13.9 Å². The van der Waals surface area contributed by atoms with Gasteiger partial charge in [-0.3, -0.25) is 9.69 Å². The summed E-state index contributed by atoms with van der Waals surface area (Å²) in [5.41, 5.74) is 0.793. The first-order valence-corrected chi connectivity index (χ1v) is 10.3. The van der Waals surface area contributed by atoms with Crippen LogP contribution in [0.1, 0.15) is 38.3 Å². The van der Waals surface area contributed by atoms with Gasteiger partial charge < -0.3 is 14.2 Å². The number of hydrogen-bond donors (Lipinski definition) is 0. The summed E-state index contributed by atoms with van der Waals surface area (Å²) in [6, 6.07) is 8.85. The Balaban J connectivity index is 1.43. The molecule has 3 heterocycles. The molecular formula is C22H30FN3O2. The molecule has 0 atom stereocenters. The second-order valence-electron chi connectivity index (χ2n) is 8.32. The first kappa shape index (κ1) is 19.4. The Bertz CT molecular complexity index is 833. The molecule has 2 aliphatic rings. The van der Waals surface area contributed by atoms with E-state index in [0.29, 0.717) is 45.4 Å². The predicted molar refractivity (Wildman–Crippen MR) is 108 cm³/mol. The number of morpholine rings is 1. The van der Waals surface area contributed by atoms with E-state index < -0.39 is 5.67 Å². The number of hydrogen-bond acceptors (Lipinski definition) is 3. The Labute approximate surface area is 166 Å². The van der Waals surface area contributed by atoms with Crippen LogP contribution in [0, 0.1) is 0 Å². The van der Waals surface area contributed by atoms with Crippen molar-refractivity contribution >= 4 is 16.8 Å². The standard InChI is InChI=1S/C22H30FN3O2/c1-17(2)26-16-18(19-5-3-4-6-20(19)26)15-24-9-7-22(23,8-10-24)21(27)25-11-13-28-14-12-25/h3-6,16-17H,7-15H2,1-2H3. The quantitative estimate of drug-likeness (QED) is 0.807. The number of halogens is 1. The largest absolute Gasteiger partial charge is 0.378 e. The van der Waals surface area contributed by atoms with Crippen LogP contribution in [0.15, 0.2) is 30.5 Å². The van der Waals surface area contributed by atoms with E-state index in [9.17, 15) is 4.79 Å².